The molecule has 0 saturated carbocycles. The zero-order valence-corrected chi connectivity index (χ0v) is 16.4. The highest BCUT2D eigenvalue weighted by molar-refractivity contribution is 6.02. The van der Waals surface area contributed by atoms with E-state index in [1.54, 1.807) is 6.07 Å². The van der Waals surface area contributed by atoms with Crippen LogP contribution in [0.3, 0.4) is 0 Å². The Morgan fingerprint density at radius 1 is 1.07 bits per heavy atom. The Balaban J connectivity index is 1.53. The Bertz CT molecular complexity index is 961. The molecule has 6 heteroatoms. The molecule has 3 aromatic rings. The van der Waals surface area contributed by atoms with Crippen molar-refractivity contribution in [1.82, 2.24) is 15.5 Å². The van der Waals surface area contributed by atoms with Crippen LogP contribution in [0, 0.1) is 5.92 Å². The number of nitrogens with zero attached hydrogens (tertiary/aromatic N) is 1. The Labute approximate surface area is 164 Å². The molecule has 0 saturated heterocycles. The van der Waals surface area contributed by atoms with Crippen molar-refractivity contribution in [3.8, 4) is 0 Å². The number of para-hydroxylation sites is 1. The molecule has 1 aromatic heterocycles. The fraction of sp³-hybridized carbons (Fsp3) is 0.318. The number of benzene rings is 2. The minimum atomic E-state index is -0.627. The minimum absolute atomic E-state index is 0.175. The van der Waals surface area contributed by atoms with E-state index < -0.39 is 5.97 Å². The van der Waals surface area contributed by atoms with E-state index in [1.807, 2.05) is 37.3 Å². The number of amides is 1. The van der Waals surface area contributed by atoms with E-state index >= 15 is 0 Å². The fourth-order valence-electron chi connectivity index (χ4n) is 3.10. The van der Waals surface area contributed by atoms with Crippen molar-refractivity contribution >= 4 is 22.8 Å². The molecular weight excluding hydrogens is 354 g/mol. The molecule has 0 spiro atoms. The first-order valence-electron chi connectivity index (χ1n) is 9.42. The van der Waals surface area contributed by atoms with E-state index in [2.05, 4.69) is 41.5 Å². The third kappa shape index (κ3) is 4.76. The summed E-state index contributed by atoms with van der Waals surface area (Å²) in [4.78, 5) is 24.4. The first-order valence-corrected chi connectivity index (χ1v) is 9.42. The van der Waals surface area contributed by atoms with Crippen LogP contribution in [-0.2, 0) is 16.0 Å². The van der Waals surface area contributed by atoms with Crippen molar-refractivity contribution in [1.29, 1.82) is 0 Å². The Morgan fingerprint density at radius 3 is 2.50 bits per heavy atom. The molecule has 146 valence electrons. The number of ether oxygens (including phenoxy) is 1. The summed E-state index contributed by atoms with van der Waals surface area (Å²) < 4.78 is 5.12. The first kappa shape index (κ1) is 19.6. The molecule has 1 heterocycles. The van der Waals surface area contributed by atoms with Gasteiger partial charge >= 0.3 is 5.97 Å². The molecule has 0 aliphatic rings. The number of hydrogen-bond acceptors (Lipinski definition) is 4. The first-order chi connectivity index (χ1) is 13.4. The normalized spacial score (nSPS) is 12.1. The van der Waals surface area contributed by atoms with Gasteiger partial charge in [-0.1, -0.05) is 56.3 Å². The summed E-state index contributed by atoms with van der Waals surface area (Å²) in [5.74, 6) is -0.380. The van der Waals surface area contributed by atoms with E-state index in [9.17, 15) is 9.59 Å². The number of carbonyl (C=O) groups excluding carboxylic acids is 2. The van der Waals surface area contributed by atoms with Crippen LogP contribution in [0.1, 0.15) is 48.4 Å². The van der Waals surface area contributed by atoms with Crippen molar-refractivity contribution < 1.29 is 14.3 Å². The van der Waals surface area contributed by atoms with Gasteiger partial charge in [-0.05, 0) is 36.5 Å². The topological polar surface area (TPSA) is 84.1 Å². The third-order valence-corrected chi connectivity index (χ3v) is 4.50. The maximum atomic E-state index is 12.2. The quantitative estimate of drug-likeness (QED) is 0.612. The van der Waals surface area contributed by atoms with Gasteiger partial charge < -0.3 is 10.1 Å². The van der Waals surface area contributed by atoms with Crippen molar-refractivity contribution in [2.45, 2.75) is 33.2 Å². The number of nitrogens with one attached hydrogen (secondary N) is 2. The Hall–Kier alpha value is -3.15. The molecule has 0 unspecified atom stereocenters. The van der Waals surface area contributed by atoms with Crippen LogP contribution >= 0.6 is 0 Å². The van der Waals surface area contributed by atoms with Gasteiger partial charge in [0.25, 0.3) is 5.91 Å². The smallest absolute Gasteiger partial charge is 0.359 e. The molecule has 28 heavy (non-hydrogen) atoms. The molecule has 2 aromatic carbocycles. The average Bonchev–Trinajstić information content (AvgIpc) is 3.10. The second-order valence-corrected chi connectivity index (χ2v) is 7.32. The second-order valence-electron chi connectivity index (χ2n) is 7.32. The highest BCUT2D eigenvalue weighted by Crippen LogP contribution is 2.17. The molecule has 0 radical (unpaired) electrons. The summed E-state index contributed by atoms with van der Waals surface area (Å²) >= 11 is 0. The molecule has 0 aliphatic carbocycles. The lowest BCUT2D eigenvalue weighted by molar-refractivity contribution is -0.124. The molecular formula is C22H25N3O3. The van der Waals surface area contributed by atoms with E-state index in [4.69, 9.17) is 4.74 Å². The van der Waals surface area contributed by atoms with Gasteiger partial charge in [0.2, 0.25) is 0 Å². The molecule has 1 amide bonds. The molecule has 0 bridgehead atoms. The van der Waals surface area contributed by atoms with Crippen LogP contribution in [0.25, 0.3) is 10.9 Å². The van der Waals surface area contributed by atoms with Gasteiger partial charge in [0.15, 0.2) is 12.3 Å². The Kier molecular flexibility index (Phi) is 6.09. The fourth-order valence-corrected chi connectivity index (χ4v) is 3.10. The van der Waals surface area contributed by atoms with Crippen molar-refractivity contribution in [3.05, 3.63) is 65.4 Å². The summed E-state index contributed by atoms with van der Waals surface area (Å²) in [5.41, 5.74) is 3.20. The monoisotopic (exact) mass is 379 g/mol. The standard InChI is InChI=1S/C22H25N3O3/c1-14(2)12-16-8-10-17(11-9-16)15(3)23-20(26)13-28-22(27)21-18-6-4-5-7-19(18)24-25-21/h4-11,14-15H,12-13H2,1-3H3,(H,23,26)(H,24,25)/t15-/m1/s1. The van der Waals surface area contributed by atoms with Crippen LogP contribution in [0.2, 0.25) is 0 Å². The lowest BCUT2D eigenvalue weighted by Gasteiger charge is -2.15. The number of esters is 1. The molecule has 0 fully saturated rings. The van der Waals surface area contributed by atoms with Crippen LogP contribution in [0.4, 0.5) is 0 Å². The maximum absolute atomic E-state index is 12.2. The maximum Gasteiger partial charge on any atom is 0.359 e. The summed E-state index contributed by atoms with van der Waals surface area (Å²) in [5, 5.41) is 10.3. The number of fused-ring (bicyclic) bond motifs is 1. The molecule has 3 rings (SSSR count). The molecule has 2 N–H and O–H groups in total. The van der Waals surface area contributed by atoms with Crippen LogP contribution in [0.15, 0.2) is 48.5 Å². The number of carbonyl (C=O) groups is 2. The molecule has 1 atom stereocenters. The molecule has 6 nitrogen and oxygen atoms in total. The highest BCUT2D eigenvalue weighted by atomic mass is 16.5. The van der Waals surface area contributed by atoms with Gasteiger partial charge in [0.1, 0.15) is 0 Å². The lowest BCUT2D eigenvalue weighted by atomic mass is 10.00. The van der Waals surface area contributed by atoms with Gasteiger partial charge in [-0.3, -0.25) is 9.89 Å². The van der Waals surface area contributed by atoms with E-state index in [0.717, 1.165) is 17.5 Å². The summed E-state index contributed by atoms with van der Waals surface area (Å²) in [6, 6.07) is 15.3. The summed E-state index contributed by atoms with van der Waals surface area (Å²) in [7, 11) is 0. The van der Waals surface area contributed by atoms with Crippen LogP contribution in [-0.4, -0.2) is 28.7 Å². The average molecular weight is 379 g/mol. The van der Waals surface area contributed by atoms with Crippen LogP contribution in [0.5, 0.6) is 0 Å². The number of hydrogen-bond donors (Lipinski definition) is 2. The number of aromatic amines is 1. The zero-order chi connectivity index (χ0) is 20.1. The van der Waals surface area contributed by atoms with Crippen molar-refractivity contribution in [2.24, 2.45) is 5.92 Å². The number of H-pyrrole nitrogens is 1. The van der Waals surface area contributed by atoms with E-state index in [-0.39, 0.29) is 24.2 Å². The van der Waals surface area contributed by atoms with Gasteiger partial charge in [-0.2, -0.15) is 5.10 Å². The lowest BCUT2D eigenvalue weighted by Crippen LogP contribution is -2.31. The predicted octanol–water partition coefficient (Wildman–Crippen LogP) is 3.80. The van der Waals surface area contributed by atoms with E-state index in [1.165, 1.54) is 5.56 Å². The minimum Gasteiger partial charge on any atom is -0.451 e. The van der Waals surface area contributed by atoms with Crippen molar-refractivity contribution in [2.75, 3.05) is 6.61 Å². The van der Waals surface area contributed by atoms with E-state index in [0.29, 0.717) is 11.3 Å². The third-order valence-electron chi connectivity index (χ3n) is 4.50. The highest BCUT2D eigenvalue weighted by Gasteiger charge is 2.17. The largest absolute Gasteiger partial charge is 0.451 e. The predicted molar refractivity (Wildman–Crippen MR) is 108 cm³/mol. The van der Waals surface area contributed by atoms with Gasteiger partial charge in [0.05, 0.1) is 11.6 Å². The van der Waals surface area contributed by atoms with Gasteiger partial charge in [0, 0.05) is 5.39 Å². The van der Waals surface area contributed by atoms with Crippen molar-refractivity contribution in [3.63, 3.8) is 0 Å². The zero-order valence-electron chi connectivity index (χ0n) is 16.4. The number of rotatable bonds is 7. The summed E-state index contributed by atoms with van der Waals surface area (Å²) in [6.07, 6.45) is 1.03. The molecule has 0 aliphatic heterocycles. The Morgan fingerprint density at radius 2 is 1.79 bits per heavy atom. The second kappa shape index (κ2) is 8.69. The SMILES string of the molecule is CC(C)Cc1ccc([C@@H](C)NC(=O)COC(=O)c2n[nH]c3ccccc23)cc1. The van der Waals surface area contributed by atoms with Gasteiger partial charge in [-0.25, -0.2) is 4.79 Å². The van der Waals surface area contributed by atoms with Gasteiger partial charge in [-0.15, -0.1) is 0 Å². The number of aromatic nitrogens is 2. The summed E-state index contributed by atoms with van der Waals surface area (Å²) in [6.45, 7) is 5.92. The van der Waals surface area contributed by atoms with Crippen LogP contribution < -0.4 is 5.32 Å².